The molecule has 3 nitrogen and oxygen atoms in total. The molecule has 0 spiro atoms. The van der Waals surface area contributed by atoms with Gasteiger partial charge in [0.2, 0.25) is 0 Å². The first-order chi connectivity index (χ1) is 9.61. The van der Waals surface area contributed by atoms with Crippen molar-refractivity contribution in [3.63, 3.8) is 0 Å². The number of hydrogen-bond acceptors (Lipinski definition) is 3. The molecular weight excluding hydrogens is 250 g/mol. The summed E-state index contributed by atoms with van der Waals surface area (Å²) in [6.07, 6.45) is -0.661. The molecule has 0 radical (unpaired) electrons. The molecule has 0 aliphatic carbocycles. The molecule has 0 amide bonds. The minimum absolute atomic E-state index is 0.192. The summed E-state index contributed by atoms with van der Waals surface area (Å²) in [5, 5.41) is 19.0. The third-order valence-corrected chi connectivity index (χ3v) is 3.16. The van der Waals surface area contributed by atoms with Crippen LogP contribution in [0, 0.1) is 25.2 Å². The van der Waals surface area contributed by atoms with Gasteiger partial charge in [0, 0.05) is 0 Å². The van der Waals surface area contributed by atoms with Crippen molar-refractivity contribution in [3.05, 3.63) is 64.7 Å². The van der Waals surface area contributed by atoms with Gasteiger partial charge in [-0.1, -0.05) is 30.3 Å². The van der Waals surface area contributed by atoms with Crippen LogP contribution in [0.15, 0.2) is 42.5 Å². The van der Waals surface area contributed by atoms with Crippen LogP contribution in [0.1, 0.15) is 28.4 Å². The fraction of sp³-hybridized carbons (Fsp3) is 0.235. The molecule has 2 aromatic rings. The number of nitrogens with zero attached hydrogens (tertiary/aromatic N) is 1. The standard InChI is InChI=1S/C17H17NO2/c1-12-8-14(10-18)9-13(2)17(12)20-11-16(19)15-6-4-3-5-7-15/h3-9,16,19H,11H2,1-2H3. The molecule has 0 aliphatic rings. The molecule has 20 heavy (non-hydrogen) atoms. The maximum Gasteiger partial charge on any atom is 0.125 e. The van der Waals surface area contributed by atoms with Gasteiger partial charge in [0.05, 0.1) is 11.6 Å². The Morgan fingerprint density at radius 2 is 1.75 bits per heavy atom. The van der Waals surface area contributed by atoms with Gasteiger partial charge in [-0.2, -0.15) is 5.26 Å². The first-order valence-electron chi connectivity index (χ1n) is 6.49. The van der Waals surface area contributed by atoms with Gasteiger partial charge in [0.1, 0.15) is 18.5 Å². The average molecular weight is 267 g/mol. The van der Waals surface area contributed by atoms with Gasteiger partial charge in [0.15, 0.2) is 0 Å². The Morgan fingerprint density at radius 1 is 1.15 bits per heavy atom. The highest BCUT2D eigenvalue weighted by Gasteiger charge is 2.11. The quantitative estimate of drug-likeness (QED) is 0.924. The lowest BCUT2D eigenvalue weighted by molar-refractivity contribution is 0.107. The summed E-state index contributed by atoms with van der Waals surface area (Å²) in [7, 11) is 0. The van der Waals surface area contributed by atoms with Gasteiger partial charge in [-0.15, -0.1) is 0 Å². The van der Waals surface area contributed by atoms with Crippen LogP contribution < -0.4 is 4.74 Å². The molecule has 0 aromatic heterocycles. The predicted octanol–water partition coefficient (Wildman–Crippen LogP) is 3.29. The fourth-order valence-electron chi connectivity index (χ4n) is 2.18. The Kier molecular flexibility index (Phi) is 4.39. The Bertz CT molecular complexity index is 606. The second-order valence-electron chi connectivity index (χ2n) is 4.79. The van der Waals surface area contributed by atoms with Gasteiger partial charge in [-0.3, -0.25) is 0 Å². The molecule has 0 saturated carbocycles. The number of aliphatic hydroxyl groups is 1. The summed E-state index contributed by atoms with van der Waals surface area (Å²) in [5.41, 5.74) is 3.26. The van der Waals surface area contributed by atoms with Crippen molar-refractivity contribution in [3.8, 4) is 11.8 Å². The first-order valence-corrected chi connectivity index (χ1v) is 6.49. The summed E-state index contributed by atoms with van der Waals surface area (Å²) < 4.78 is 5.72. The van der Waals surface area contributed by atoms with E-state index in [-0.39, 0.29) is 6.61 Å². The Morgan fingerprint density at radius 3 is 2.30 bits per heavy atom. The predicted molar refractivity (Wildman–Crippen MR) is 77.5 cm³/mol. The van der Waals surface area contributed by atoms with Crippen LogP contribution in [0.2, 0.25) is 0 Å². The summed E-state index contributed by atoms with van der Waals surface area (Å²) in [6.45, 7) is 3.99. The van der Waals surface area contributed by atoms with Crippen molar-refractivity contribution in [1.29, 1.82) is 5.26 Å². The average Bonchev–Trinajstić information content (AvgIpc) is 2.46. The lowest BCUT2D eigenvalue weighted by Crippen LogP contribution is -2.11. The van der Waals surface area contributed by atoms with Crippen LogP contribution in [0.5, 0.6) is 5.75 Å². The molecule has 2 aromatic carbocycles. The van der Waals surface area contributed by atoms with Crippen molar-refractivity contribution < 1.29 is 9.84 Å². The highest BCUT2D eigenvalue weighted by Crippen LogP contribution is 2.26. The molecule has 0 saturated heterocycles. The van der Waals surface area contributed by atoms with Gasteiger partial charge in [-0.25, -0.2) is 0 Å². The number of ether oxygens (including phenoxy) is 1. The molecule has 0 aliphatic heterocycles. The molecule has 0 fully saturated rings. The zero-order chi connectivity index (χ0) is 14.5. The SMILES string of the molecule is Cc1cc(C#N)cc(C)c1OCC(O)c1ccccc1. The van der Waals surface area contributed by atoms with E-state index < -0.39 is 6.10 Å². The second-order valence-corrected chi connectivity index (χ2v) is 4.79. The Labute approximate surface area is 119 Å². The van der Waals surface area contributed by atoms with E-state index in [1.807, 2.05) is 44.2 Å². The van der Waals surface area contributed by atoms with E-state index in [0.29, 0.717) is 5.56 Å². The minimum Gasteiger partial charge on any atom is -0.490 e. The maximum absolute atomic E-state index is 10.1. The topological polar surface area (TPSA) is 53.2 Å². The normalized spacial score (nSPS) is 11.7. The summed E-state index contributed by atoms with van der Waals surface area (Å²) >= 11 is 0. The van der Waals surface area contributed by atoms with Gasteiger partial charge >= 0.3 is 0 Å². The molecular formula is C17H17NO2. The van der Waals surface area contributed by atoms with E-state index in [4.69, 9.17) is 10.00 Å². The van der Waals surface area contributed by atoms with Crippen molar-refractivity contribution in [1.82, 2.24) is 0 Å². The molecule has 0 heterocycles. The number of aryl methyl sites for hydroxylation is 2. The summed E-state index contributed by atoms with van der Waals surface area (Å²) in [5.74, 6) is 0.735. The first kappa shape index (κ1) is 14.1. The number of hydrogen-bond donors (Lipinski definition) is 1. The number of nitriles is 1. The highest BCUT2D eigenvalue weighted by atomic mass is 16.5. The molecule has 1 atom stereocenters. The van der Waals surface area contributed by atoms with E-state index in [9.17, 15) is 5.11 Å². The van der Waals surface area contributed by atoms with Crippen molar-refractivity contribution in [2.45, 2.75) is 20.0 Å². The third kappa shape index (κ3) is 3.17. The molecule has 1 unspecified atom stereocenters. The van der Waals surface area contributed by atoms with Crippen molar-refractivity contribution >= 4 is 0 Å². The fourth-order valence-corrected chi connectivity index (χ4v) is 2.18. The number of benzene rings is 2. The molecule has 102 valence electrons. The smallest absolute Gasteiger partial charge is 0.125 e. The van der Waals surface area contributed by atoms with Crippen molar-refractivity contribution in [2.75, 3.05) is 6.61 Å². The van der Waals surface area contributed by atoms with Crippen LogP contribution in [0.3, 0.4) is 0 Å². The minimum atomic E-state index is -0.661. The lowest BCUT2D eigenvalue weighted by atomic mass is 10.1. The van der Waals surface area contributed by atoms with Crippen LogP contribution in [0.25, 0.3) is 0 Å². The summed E-state index contributed by atoms with van der Waals surface area (Å²) in [4.78, 5) is 0. The van der Waals surface area contributed by atoms with E-state index in [2.05, 4.69) is 6.07 Å². The largest absolute Gasteiger partial charge is 0.490 e. The number of rotatable bonds is 4. The lowest BCUT2D eigenvalue weighted by Gasteiger charge is -2.16. The molecule has 2 rings (SSSR count). The molecule has 3 heteroatoms. The van der Waals surface area contributed by atoms with Crippen LogP contribution in [-0.2, 0) is 0 Å². The van der Waals surface area contributed by atoms with Crippen LogP contribution in [0.4, 0.5) is 0 Å². The van der Waals surface area contributed by atoms with Crippen molar-refractivity contribution in [2.24, 2.45) is 0 Å². The van der Waals surface area contributed by atoms with Gasteiger partial charge in [0.25, 0.3) is 0 Å². The van der Waals surface area contributed by atoms with Gasteiger partial charge < -0.3 is 9.84 Å². The molecule has 1 N–H and O–H groups in total. The van der Waals surface area contributed by atoms with E-state index in [1.165, 1.54) is 0 Å². The van der Waals surface area contributed by atoms with E-state index in [0.717, 1.165) is 22.4 Å². The zero-order valence-corrected chi connectivity index (χ0v) is 11.6. The highest BCUT2D eigenvalue weighted by molar-refractivity contribution is 5.47. The van der Waals surface area contributed by atoms with E-state index >= 15 is 0 Å². The zero-order valence-electron chi connectivity index (χ0n) is 11.6. The Balaban J connectivity index is 2.10. The monoisotopic (exact) mass is 267 g/mol. The van der Waals surface area contributed by atoms with Crippen LogP contribution in [-0.4, -0.2) is 11.7 Å². The molecule has 0 bridgehead atoms. The maximum atomic E-state index is 10.1. The van der Waals surface area contributed by atoms with Gasteiger partial charge in [-0.05, 0) is 42.7 Å². The second kappa shape index (κ2) is 6.23. The van der Waals surface area contributed by atoms with E-state index in [1.54, 1.807) is 12.1 Å². The summed E-state index contributed by atoms with van der Waals surface area (Å²) in [6, 6.07) is 15.1. The number of aliphatic hydroxyl groups excluding tert-OH is 1. The third-order valence-electron chi connectivity index (χ3n) is 3.16. The van der Waals surface area contributed by atoms with Crippen LogP contribution >= 0.6 is 0 Å². The Hall–Kier alpha value is -2.31.